The van der Waals surface area contributed by atoms with Gasteiger partial charge in [0, 0.05) is 12.0 Å². The zero-order chi connectivity index (χ0) is 17.4. The zero-order valence-corrected chi connectivity index (χ0v) is 13.2. The first-order valence-electron chi connectivity index (χ1n) is 7.90. The van der Waals surface area contributed by atoms with Gasteiger partial charge in [-0.05, 0) is 34.9 Å². The molecule has 0 saturated carbocycles. The number of esters is 1. The van der Waals surface area contributed by atoms with Gasteiger partial charge in [0.2, 0.25) is 0 Å². The first-order valence-corrected chi connectivity index (χ1v) is 7.90. The number of carbonyl (C=O) groups is 2. The van der Waals surface area contributed by atoms with Crippen molar-refractivity contribution in [2.75, 3.05) is 0 Å². The van der Waals surface area contributed by atoms with Crippen LogP contribution in [0.1, 0.15) is 31.8 Å². The van der Waals surface area contributed by atoms with Crippen LogP contribution in [-0.2, 0) is 6.42 Å². The van der Waals surface area contributed by atoms with Crippen LogP contribution in [-0.4, -0.2) is 17.0 Å². The number of hydrogen-bond donors (Lipinski definition) is 1. The SMILES string of the molecule is O=C(O)c1ccccc1C(=O)Oc1cccc2c1Cc1ccccc1-2. The third-order valence-electron chi connectivity index (χ3n) is 4.39. The van der Waals surface area contributed by atoms with Gasteiger partial charge < -0.3 is 9.84 Å². The second kappa shape index (κ2) is 5.91. The van der Waals surface area contributed by atoms with Gasteiger partial charge in [-0.1, -0.05) is 48.5 Å². The average molecular weight is 330 g/mol. The van der Waals surface area contributed by atoms with Gasteiger partial charge in [-0.15, -0.1) is 0 Å². The molecule has 0 amide bonds. The molecule has 0 bridgehead atoms. The molecule has 0 spiro atoms. The molecule has 122 valence electrons. The molecule has 0 saturated heterocycles. The van der Waals surface area contributed by atoms with E-state index in [4.69, 9.17) is 4.74 Å². The number of benzene rings is 3. The van der Waals surface area contributed by atoms with Crippen molar-refractivity contribution in [2.24, 2.45) is 0 Å². The molecule has 4 nitrogen and oxygen atoms in total. The van der Waals surface area contributed by atoms with E-state index in [1.54, 1.807) is 18.2 Å². The summed E-state index contributed by atoms with van der Waals surface area (Å²) in [5, 5.41) is 9.25. The molecule has 1 N–H and O–H groups in total. The molecule has 1 aliphatic carbocycles. The largest absolute Gasteiger partial charge is 0.478 e. The van der Waals surface area contributed by atoms with Gasteiger partial charge >= 0.3 is 11.9 Å². The summed E-state index contributed by atoms with van der Waals surface area (Å²) in [6, 6.07) is 19.7. The number of hydrogen-bond acceptors (Lipinski definition) is 3. The summed E-state index contributed by atoms with van der Waals surface area (Å²) in [4.78, 5) is 23.8. The molecule has 4 heteroatoms. The average Bonchev–Trinajstić information content (AvgIpc) is 3.01. The molecule has 25 heavy (non-hydrogen) atoms. The van der Waals surface area contributed by atoms with E-state index in [0.717, 1.165) is 16.7 Å². The van der Waals surface area contributed by atoms with Crippen molar-refractivity contribution in [3.63, 3.8) is 0 Å². The van der Waals surface area contributed by atoms with Crippen molar-refractivity contribution < 1.29 is 19.4 Å². The standard InChI is InChI=1S/C21H14O4/c22-20(23)16-8-3-4-9-17(16)21(24)25-19-11-5-10-15-14-7-2-1-6-13(14)12-18(15)19/h1-11H,12H2,(H,22,23). The van der Waals surface area contributed by atoms with E-state index < -0.39 is 11.9 Å². The Bertz CT molecular complexity index is 1000. The van der Waals surface area contributed by atoms with E-state index in [1.807, 2.05) is 30.3 Å². The summed E-state index contributed by atoms with van der Waals surface area (Å²) < 4.78 is 5.56. The van der Waals surface area contributed by atoms with Crippen molar-refractivity contribution in [3.05, 3.63) is 89.0 Å². The van der Waals surface area contributed by atoms with E-state index in [1.165, 1.54) is 17.7 Å². The molecule has 4 rings (SSSR count). The Morgan fingerprint density at radius 3 is 2.28 bits per heavy atom. The number of carboxylic acid groups (broad SMARTS) is 1. The predicted molar refractivity (Wildman–Crippen MR) is 93.0 cm³/mol. The molecule has 3 aromatic carbocycles. The Kier molecular flexibility index (Phi) is 3.58. The molecule has 1 aliphatic rings. The molecule has 0 aromatic heterocycles. The van der Waals surface area contributed by atoms with E-state index in [9.17, 15) is 14.7 Å². The van der Waals surface area contributed by atoms with Crippen molar-refractivity contribution in [2.45, 2.75) is 6.42 Å². The fourth-order valence-corrected chi connectivity index (χ4v) is 3.23. The molecule has 0 unspecified atom stereocenters. The highest BCUT2D eigenvalue weighted by Gasteiger charge is 2.24. The number of rotatable bonds is 3. The zero-order valence-electron chi connectivity index (χ0n) is 13.2. The van der Waals surface area contributed by atoms with Gasteiger partial charge in [-0.2, -0.15) is 0 Å². The van der Waals surface area contributed by atoms with Gasteiger partial charge in [-0.25, -0.2) is 9.59 Å². The van der Waals surface area contributed by atoms with Gasteiger partial charge in [-0.3, -0.25) is 0 Å². The first-order chi connectivity index (χ1) is 12.1. The third-order valence-corrected chi connectivity index (χ3v) is 4.39. The van der Waals surface area contributed by atoms with Crippen LogP contribution in [0.25, 0.3) is 11.1 Å². The minimum absolute atomic E-state index is 0.0446. The summed E-state index contributed by atoms with van der Waals surface area (Å²) >= 11 is 0. The van der Waals surface area contributed by atoms with Crippen molar-refractivity contribution >= 4 is 11.9 Å². The molecule has 0 radical (unpaired) electrons. The Labute approximate surface area is 144 Å². The van der Waals surface area contributed by atoms with E-state index in [-0.39, 0.29) is 11.1 Å². The Morgan fingerprint density at radius 2 is 1.48 bits per heavy atom. The quantitative estimate of drug-likeness (QED) is 0.452. The van der Waals surface area contributed by atoms with E-state index in [0.29, 0.717) is 12.2 Å². The number of ether oxygens (including phenoxy) is 1. The Morgan fingerprint density at radius 1 is 0.800 bits per heavy atom. The second-order valence-corrected chi connectivity index (χ2v) is 5.86. The molecular formula is C21H14O4. The van der Waals surface area contributed by atoms with E-state index in [2.05, 4.69) is 6.07 Å². The molecule has 3 aromatic rings. The molecule has 0 aliphatic heterocycles. The molecular weight excluding hydrogens is 316 g/mol. The lowest BCUT2D eigenvalue weighted by Gasteiger charge is -2.10. The second-order valence-electron chi connectivity index (χ2n) is 5.86. The Balaban J connectivity index is 1.70. The predicted octanol–water partition coefficient (Wildman–Crippen LogP) is 4.18. The van der Waals surface area contributed by atoms with Crippen LogP contribution in [0.15, 0.2) is 66.7 Å². The maximum absolute atomic E-state index is 12.5. The minimum Gasteiger partial charge on any atom is -0.478 e. The smallest absolute Gasteiger partial charge is 0.344 e. The van der Waals surface area contributed by atoms with Gasteiger partial charge in [0.1, 0.15) is 5.75 Å². The number of carbonyl (C=O) groups excluding carboxylic acids is 1. The lowest BCUT2D eigenvalue weighted by Crippen LogP contribution is -2.14. The van der Waals surface area contributed by atoms with Crippen LogP contribution in [0.2, 0.25) is 0 Å². The maximum atomic E-state index is 12.5. The lowest BCUT2D eigenvalue weighted by atomic mass is 10.1. The number of carboxylic acids is 1. The van der Waals surface area contributed by atoms with Crippen molar-refractivity contribution in [1.29, 1.82) is 0 Å². The number of aromatic carboxylic acids is 1. The van der Waals surface area contributed by atoms with Crippen molar-refractivity contribution in [3.8, 4) is 16.9 Å². The van der Waals surface area contributed by atoms with Crippen LogP contribution in [0.4, 0.5) is 0 Å². The first kappa shape index (κ1) is 15.1. The summed E-state index contributed by atoms with van der Waals surface area (Å²) in [6.45, 7) is 0. The maximum Gasteiger partial charge on any atom is 0.344 e. The highest BCUT2D eigenvalue weighted by molar-refractivity contribution is 6.03. The van der Waals surface area contributed by atoms with E-state index >= 15 is 0 Å². The fraction of sp³-hybridized carbons (Fsp3) is 0.0476. The molecule has 0 fully saturated rings. The van der Waals surface area contributed by atoms with Crippen LogP contribution >= 0.6 is 0 Å². The summed E-state index contributed by atoms with van der Waals surface area (Å²) in [5.41, 5.74) is 4.30. The van der Waals surface area contributed by atoms with Crippen LogP contribution < -0.4 is 4.74 Å². The molecule has 0 heterocycles. The lowest BCUT2D eigenvalue weighted by molar-refractivity contribution is 0.0667. The highest BCUT2D eigenvalue weighted by Crippen LogP contribution is 2.41. The summed E-state index contributed by atoms with van der Waals surface area (Å²) in [5.74, 6) is -1.35. The third kappa shape index (κ3) is 2.58. The fourth-order valence-electron chi connectivity index (χ4n) is 3.23. The van der Waals surface area contributed by atoms with Gasteiger partial charge in [0.05, 0.1) is 11.1 Å². The summed E-state index contributed by atoms with van der Waals surface area (Å²) in [6.07, 6.45) is 0.690. The van der Waals surface area contributed by atoms with Crippen molar-refractivity contribution in [1.82, 2.24) is 0 Å². The summed E-state index contributed by atoms with van der Waals surface area (Å²) in [7, 11) is 0. The Hall–Kier alpha value is -3.40. The van der Waals surface area contributed by atoms with Crippen LogP contribution in [0.3, 0.4) is 0 Å². The van der Waals surface area contributed by atoms with Crippen LogP contribution in [0, 0.1) is 0 Å². The minimum atomic E-state index is -1.15. The normalized spacial score (nSPS) is 11.5. The topological polar surface area (TPSA) is 63.6 Å². The highest BCUT2D eigenvalue weighted by atomic mass is 16.5. The molecule has 0 atom stereocenters. The van der Waals surface area contributed by atoms with Gasteiger partial charge in [0.25, 0.3) is 0 Å². The number of fused-ring (bicyclic) bond motifs is 3. The van der Waals surface area contributed by atoms with Crippen LogP contribution in [0.5, 0.6) is 5.75 Å². The monoisotopic (exact) mass is 330 g/mol. The van der Waals surface area contributed by atoms with Gasteiger partial charge in [0.15, 0.2) is 0 Å².